The van der Waals surface area contributed by atoms with Gasteiger partial charge in [-0.1, -0.05) is 69.9 Å². The first-order valence-corrected chi connectivity index (χ1v) is 19.0. The van der Waals surface area contributed by atoms with Crippen LogP contribution >= 0.6 is 12.2 Å². The van der Waals surface area contributed by atoms with E-state index in [-0.39, 0.29) is 23.5 Å². The molecule has 2 aromatic rings. The van der Waals surface area contributed by atoms with Crippen molar-refractivity contribution in [2.45, 2.75) is 129 Å². The zero-order chi connectivity index (χ0) is 34.3. The van der Waals surface area contributed by atoms with Gasteiger partial charge < -0.3 is 19.1 Å². The first-order chi connectivity index (χ1) is 23.1. The van der Waals surface area contributed by atoms with E-state index < -0.39 is 0 Å². The first-order valence-electron chi connectivity index (χ1n) is 18.6. The molecular weight excluding hydrogens is 619 g/mol. The van der Waals surface area contributed by atoms with Crippen molar-refractivity contribution < 1.29 is 23.8 Å². The van der Waals surface area contributed by atoms with Crippen LogP contribution in [0.5, 0.6) is 11.5 Å². The number of carbonyl (C=O) groups is 2. The standard InChI is InChI=1S/C41H57NO5S/c1-6-7-24-42(5)39(48)13-11-9-8-10-12-25-45-32-17-14-30(15-18-32)36-27-41(4)37(22-23-38(41)47-29(3)44)35-20-16-31-26-33(46-28(2)43)19-21-34(31)40(35)36/h14-15,17-19,21,26,35-38,40H,6-13,16,20,22-25,27H2,1-5H3/t35-,36+,37-,38-,40+,41-/m0/s1. The summed E-state index contributed by atoms with van der Waals surface area (Å²) >= 11 is 5.60. The monoisotopic (exact) mass is 675 g/mol. The molecule has 0 N–H and O–H groups in total. The van der Waals surface area contributed by atoms with Gasteiger partial charge in [0.1, 0.15) is 17.6 Å². The zero-order valence-electron chi connectivity index (χ0n) is 29.9. The highest BCUT2D eigenvalue weighted by molar-refractivity contribution is 7.80. The Hall–Kier alpha value is -2.93. The second-order valence-electron chi connectivity index (χ2n) is 14.9. The number of nitrogens with zero attached hydrogens (tertiary/aromatic N) is 1. The molecule has 0 aliphatic heterocycles. The number of unbranched alkanes of at least 4 members (excludes halogenated alkanes) is 5. The summed E-state index contributed by atoms with van der Waals surface area (Å²) in [7, 11) is 2.12. The van der Waals surface area contributed by atoms with Crippen LogP contribution in [0.2, 0.25) is 0 Å². The Kier molecular flexibility index (Phi) is 12.6. The third-order valence-electron chi connectivity index (χ3n) is 11.6. The lowest BCUT2D eigenvalue weighted by molar-refractivity contribution is -0.155. The summed E-state index contributed by atoms with van der Waals surface area (Å²) in [5.41, 5.74) is 3.94. The van der Waals surface area contributed by atoms with E-state index in [1.807, 2.05) is 6.07 Å². The maximum absolute atomic E-state index is 12.1. The highest BCUT2D eigenvalue weighted by Crippen LogP contribution is 2.65. The number of esters is 2. The quantitative estimate of drug-likeness (QED) is 0.0806. The zero-order valence-corrected chi connectivity index (χ0v) is 30.7. The van der Waals surface area contributed by atoms with E-state index in [1.165, 1.54) is 62.1 Å². The van der Waals surface area contributed by atoms with Crippen molar-refractivity contribution in [1.29, 1.82) is 0 Å². The van der Waals surface area contributed by atoms with Gasteiger partial charge in [0, 0.05) is 32.9 Å². The summed E-state index contributed by atoms with van der Waals surface area (Å²) < 4.78 is 17.6. The summed E-state index contributed by atoms with van der Waals surface area (Å²) in [6, 6.07) is 15.0. The summed E-state index contributed by atoms with van der Waals surface area (Å²) in [4.78, 5) is 27.1. The van der Waals surface area contributed by atoms with Crippen molar-refractivity contribution in [3.8, 4) is 11.5 Å². The molecule has 2 fully saturated rings. The van der Waals surface area contributed by atoms with Crippen molar-refractivity contribution in [2.24, 2.45) is 17.3 Å². The molecule has 3 aliphatic rings. The van der Waals surface area contributed by atoms with Gasteiger partial charge in [-0.3, -0.25) is 9.59 Å². The van der Waals surface area contributed by atoms with Crippen LogP contribution in [-0.4, -0.2) is 48.1 Å². The van der Waals surface area contributed by atoms with E-state index in [0.29, 0.717) is 29.4 Å². The topological polar surface area (TPSA) is 65.1 Å². The lowest BCUT2D eigenvalue weighted by Gasteiger charge is -2.54. The molecule has 3 aliphatic carbocycles. The molecule has 0 unspecified atom stereocenters. The molecule has 6 nitrogen and oxygen atoms in total. The van der Waals surface area contributed by atoms with Crippen LogP contribution in [-0.2, 0) is 20.7 Å². The maximum Gasteiger partial charge on any atom is 0.308 e. The van der Waals surface area contributed by atoms with Crippen molar-refractivity contribution in [2.75, 3.05) is 20.2 Å². The highest BCUT2D eigenvalue weighted by Gasteiger charge is 2.59. The van der Waals surface area contributed by atoms with Crippen LogP contribution < -0.4 is 9.47 Å². The lowest BCUT2D eigenvalue weighted by atomic mass is 9.51. The number of fused-ring (bicyclic) bond motifs is 5. The fourth-order valence-corrected chi connectivity index (χ4v) is 9.44. The highest BCUT2D eigenvalue weighted by atomic mass is 32.1. The number of rotatable bonds is 15. The van der Waals surface area contributed by atoms with Gasteiger partial charge in [-0.2, -0.15) is 0 Å². The van der Waals surface area contributed by atoms with Crippen molar-refractivity contribution in [3.05, 3.63) is 59.2 Å². The molecular formula is C41H57NO5S. The SMILES string of the molecule is CCCCN(C)C(=S)CCCCCCCOc1ccc([C@H]2C[C@]3(C)[C@@H](OC(C)=O)CC[C@H]3[C@@H]3CCc4cc(OC(C)=O)ccc4[C@H]32)cc1. The van der Waals surface area contributed by atoms with Gasteiger partial charge in [-0.25, -0.2) is 0 Å². The van der Waals surface area contributed by atoms with Crippen LogP contribution in [0.15, 0.2) is 42.5 Å². The number of thiocarbonyl (C=S) groups is 1. The van der Waals surface area contributed by atoms with Gasteiger partial charge >= 0.3 is 11.9 Å². The van der Waals surface area contributed by atoms with Crippen molar-refractivity contribution in [1.82, 2.24) is 4.90 Å². The Morgan fingerprint density at radius 2 is 1.65 bits per heavy atom. The molecule has 6 atom stereocenters. The predicted octanol–water partition coefficient (Wildman–Crippen LogP) is 9.57. The third-order valence-corrected chi connectivity index (χ3v) is 12.1. The van der Waals surface area contributed by atoms with Crippen molar-refractivity contribution in [3.63, 3.8) is 0 Å². The lowest BCUT2D eigenvalue weighted by Crippen LogP contribution is -2.48. The number of benzene rings is 2. The number of ether oxygens (including phenoxy) is 3. The fraction of sp³-hybridized carbons (Fsp3) is 0.634. The Labute approximate surface area is 294 Å². The third kappa shape index (κ3) is 8.61. The van der Waals surface area contributed by atoms with Crippen LogP contribution in [0.25, 0.3) is 0 Å². The van der Waals surface area contributed by atoms with Crippen LogP contribution in [0.4, 0.5) is 0 Å². The smallest absolute Gasteiger partial charge is 0.308 e. The summed E-state index contributed by atoms with van der Waals surface area (Å²) in [6.07, 6.45) is 14.3. The number of carbonyl (C=O) groups excluding carboxylic acids is 2. The molecule has 0 spiro atoms. The number of aryl methyl sites for hydroxylation is 1. The predicted molar refractivity (Wildman–Crippen MR) is 196 cm³/mol. The molecule has 5 rings (SSSR count). The van der Waals surface area contributed by atoms with Crippen LogP contribution in [0, 0.1) is 17.3 Å². The van der Waals surface area contributed by atoms with Crippen LogP contribution in [0.1, 0.15) is 133 Å². The minimum absolute atomic E-state index is 0.0393. The summed E-state index contributed by atoms with van der Waals surface area (Å²) in [6.45, 7) is 9.39. The average molecular weight is 676 g/mol. The van der Waals surface area contributed by atoms with E-state index in [9.17, 15) is 9.59 Å². The number of hydrogen-bond acceptors (Lipinski definition) is 6. The first kappa shape index (κ1) is 36.4. The van der Waals surface area contributed by atoms with E-state index in [0.717, 1.165) is 68.8 Å². The Balaban J connectivity index is 1.21. The fourth-order valence-electron chi connectivity index (χ4n) is 9.21. The summed E-state index contributed by atoms with van der Waals surface area (Å²) in [5.74, 6) is 2.76. The molecule has 262 valence electrons. The van der Waals surface area contributed by atoms with Gasteiger partial charge in [-0.05, 0) is 122 Å². The Bertz CT molecular complexity index is 1410. The number of hydrogen-bond donors (Lipinski definition) is 0. The molecule has 0 radical (unpaired) electrons. The van der Waals surface area contributed by atoms with Gasteiger partial charge in [0.05, 0.1) is 11.6 Å². The molecule has 2 aromatic carbocycles. The van der Waals surface area contributed by atoms with Gasteiger partial charge in [0.25, 0.3) is 0 Å². The molecule has 48 heavy (non-hydrogen) atoms. The van der Waals surface area contributed by atoms with Crippen LogP contribution in [0.3, 0.4) is 0 Å². The largest absolute Gasteiger partial charge is 0.494 e. The molecule has 0 amide bonds. The molecule has 0 aromatic heterocycles. The van der Waals surface area contributed by atoms with E-state index in [4.69, 9.17) is 26.4 Å². The van der Waals surface area contributed by atoms with E-state index >= 15 is 0 Å². The molecule has 0 bridgehead atoms. The van der Waals surface area contributed by atoms with E-state index in [2.05, 4.69) is 62.2 Å². The molecule has 2 saturated carbocycles. The van der Waals surface area contributed by atoms with Gasteiger partial charge in [-0.15, -0.1) is 0 Å². The Morgan fingerprint density at radius 3 is 2.38 bits per heavy atom. The second kappa shape index (κ2) is 16.7. The minimum Gasteiger partial charge on any atom is -0.494 e. The second-order valence-corrected chi connectivity index (χ2v) is 15.4. The maximum atomic E-state index is 12.1. The van der Waals surface area contributed by atoms with Crippen molar-refractivity contribution >= 4 is 29.1 Å². The van der Waals surface area contributed by atoms with Gasteiger partial charge in [0.15, 0.2) is 0 Å². The molecule has 7 heteroatoms. The molecule has 0 heterocycles. The minimum atomic E-state index is -0.290. The average Bonchev–Trinajstić information content (AvgIpc) is 3.38. The van der Waals surface area contributed by atoms with Gasteiger partial charge in [0.2, 0.25) is 0 Å². The summed E-state index contributed by atoms with van der Waals surface area (Å²) in [5, 5.41) is 0. The van der Waals surface area contributed by atoms with E-state index in [1.54, 1.807) is 6.92 Å². The molecule has 0 saturated heterocycles. The normalized spacial score (nSPS) is 25.7. The Morgan fingerprint density at radius 1 is 0.917 bits per heavy atom.